The number of hydrogen-bond acceptors (Lipinski definition) is 3. The molecular formula is C9H14N4. The predicted molar refractivity (Wildman–Crippen MR) is 49.3 cm³/mol. The molecule has 0 fully saturated rings. The Morgan fingerprint density at radius 1 is 1.15 bits per heavy atom. The predicted octanol–water partition coefficient (Wildman–Crippen LogP) is -0.368. The maximum atomic E-state index is 4.63. The summed E-state index contributed by atoms with van der Waals surface area (Å²) in [6.07, 6.45) is 1.09. The summed E-state index contributed by atoms with van der Waals surface area (Å²) in [6, 6.07) is 0. The van der Waals surface area contributed by atoms with Gasteiger partial charge in [0, 0.05) is 38.2 Å². The SMILES string of the molecule is C1Cc2nn3c(c2CN1)CNCC3. The maximum Gasteiger partial charge on any atom is 0.0685 e. The molecular weight excluding hydrogens is 164 g/mol. The van der Waals surface area contributed by atoms with E-state index in [9.17, 15) is 0 Å². The lowest BCUT2D eigenvalue weighted by atomic mass is 10.1. The molecule has 1 aromatic heterocycles. The zero-order chi connectivity index (χ0) is 8.67. The summed E-state index contributed by atoms with van der Waals surface area (Å²) in [5.41, 5.74) is 4.16. The lowest BCUT2D eigenvalue weighted by Gasteiger charge is -2.17. The van der Waals surface area contributed by atoms with Crippen LogP contribution in [0.2, 0.25) is 0 Å². The quantitative estimate of drug-likeness (QED) is 0.569. The fraction of sp³-hybridized carbons (Fsp3) is 0.667. The van der Waals surface area contributed by atoms with Crippen LogP contribution in [0.3, 0.4) is 0 Å². The van der Waals surface area contributed by atoms with Gasteiger partial charge in [0.05, 0.1) is 17.9 Å². The first-order valence-corrected chi connectivity index (χ1v) is 4.94. The third-order valence-electron chi connectivity index (χ3n) is 2.88. The highest BCUT2D eigenvalue weighted by atomic mass is 15.3. The topological polar surface area (TPSA) is 41.9 Å². The highest BCUT2D eigenvalue weighted by molar-refractivity contribution is 5.29. The molecule has 0 aromatic carbocycles. The average molecular weight is 178 g/mol. The smallest absolute Gasteiger partial charge is 0.0685 e. The van der Waals surface area contributed by atoms with Crippen molar-refractivity contribution in [2.45, 2.75) is 26.1 Å². The average Bonchev–Trinajstić information content (AvgIpc) is 2.56. The first-order chi connectivity index (χ1) is 6.45. The first kappa shape index (κ1) is 7.53. The van der Waals surface area contributed by atoms with Crippen LogP contribution in [0.1, 0.15) is 17.0 Å². The van der Waals surface area contributed by atoms with E-state index in [4.69, 9.17) is 0 Å². The molecule has 3 heterocycles. The van der Waals surface area contributed by atoms with Crippen molar-refractivity contribution in [3.8, 4) is 0 Å². The minimum absolute atomic E-state index is 0.990. The van der Waals surface area contributed by atoms with E-state index in [-0.39, 0.29) is 0 Å². The van der Waals surface area contributed by atoms with Gasteiger partial charge in [0.2, 0.25) is 0 Å². The summed E-state index contributed by atoms with van der Waals surface area (Å²) >= 11 is 0. The molecule has 0 saturated carbocycles. The van der Waals surface area contributed by atoms with Crippen molar-refractivity contribution in [2.75, 3.05) is 13.1 Å². The van der Waals surface area contributed by atoms with E-state index in [2.05, 4.69) is 20.4 Å². The number of hydrogen-bond donors (Lipinski definition) is 2. The molecule has 0 aliphatic carbocycles. The normalized spacial score (nSPS) is 20.9. The van der Waals surface area contributed by atoms with Gasteiger partial charge in [-0.15, -0.1) is 0 Å². The van der Waals surface area contributed by atoms with Gasteiger partial charge < -0.3 is 10.6 Å². The van der Waals surface area contributed by atoms with Gasteiger partial charge in [0.15, 0.2) is 0 Å². The minimum Gasteiger partial charge on any atom is -0.312 e. The van der Waals surface area contributed by atoms with Gasteiger partial charge in [0.1, 0.15) is 0 Å². The van der Waals surface area contributed by atoms with Crippen molar-refractivity contribution in [3.05, 3.63) is 17.0 Å². The molecule has 0 radical (unpaired) electrons. The standard InChI is InChI=1S/C9H14N4/c1-2-10-5-7-8(1)12-13-4-3-11-6-9(7)13/h10-11H,1-6H2. The maximum absolute atomic E-state index is 4.63. The number of nitrogens with zero attached hydrogens (tertiary/aromatic N) is 2. The molecule has 70 valence electrons. The van der Waals surface area contributed by atoms with E-state index >= 15 is 0 Å². The van der Waals surface area contributed by atoms with Crippen molar-refractivity contribution in [1.82, 2.24) is 20.4 Å². The van der Waals surface area contributed by atoms with E-state index < -0.39 is 0 Å². The Morgan fingerprint density at radius 2 is 2.08 bits per heavy atom. The zero-order valence-electron chi connectivity index (χ0n) is 7.64. The van der Waals surface area contributed by atoms with Crippen LogP contribution in [0, 0.1) is 0 Å². The third kappa shape index (κ3) is 1.09. The largest absolute Gasteiger partial charge is 0.312 e. The highest BCUT2D eigenvalue weighted by Crippen LogP contribution is 2.19. The van der Waals surface area contributed by atoms with E-state index in [0.717, 1.165) is 39.1 Å². The Morgan fingerprint density at radius 3 is 3.08 bits per heavy atom. The number of aromatic nitrogens is 2. The van der Waals surface area contributed by atoms with Crippen LogP contribution in [0.4, 0.5) is 0 Å². The molecule has 2 N–H and O–H groups in total. The van der Waals surface area contributed by atoms with Gasteiger partial charge in [0.25, 0.3) is 0 Å². The van der Waals surface area contributed by atoms with Gasteiger partial charge >= 0.3 is 0 Å². The number of nitrogens with one attached hydrogen (secondary N) is 2. The molecule has 3 rings (SSSR count). The summed E-state index contributed by atoms with van der Waals surface area (Å²) < 4.78 is 2.17. The molecule has 13 heavy (non-hydrogen) atoms. The summed E-state index contributed by atoms with van der Waals surface area (Å²) in [4.78, 5) is 0. The highest BCUT2D eigenvalue weighted by Gasteiger charge is 2.21. The molecule has 2 aliphatic heterocycles. The summed E-state index contributed by atoms with van der Waals surface area (Å²) in [5.74, 6) is 0. The minimum atomic E-state index is 0.990. The van der Waals surface area contributed by atoms with Crippen molar-refractivity contribution in [1.29, 1.82) is 0 Å². The molecule has 4 heteroatoms. The Balaban J connectivity index is 2.09. The molecule has 0 amide bonds. The van der Waals surface area contributed by atoms with Gasteiger partial charge in [-0.05, 0) is 0 Å². The van der Waals surface area contributed by atoms with Crippen molar-refractivity contribution >= 4 is 0 Å². The van der Waals surface area contributed by atoms with Gasteiger partial charge in [-0.1, -0.05) is 0 Å². The van der Waals surface area contributed by atoms with Crippen molar-refractivity contribution in [2.24, 2.45) is 0 Å². The summed E-state index contributed by atoms with van der Waals surface area (Å²) in [7, 11) is 0. The van der Waals surface area contributed by atoms with Crippen LogP contribution >= 0.6 is 0 Å². The van der Waals surface area contributed by atoms with E-state index in [0.29, 0.717) is 0 Å². The number of fused-ring (bicyclic) bond motifs is 3. The van der Waals surface area contributed by atoms with E-state index in [1.807, 2.05) is 0 Å². The van der Waals surface area contributed by atoms with Crippen molar-refractivity contribution < 1.29 is 0 Å². The molecule has 0 atom stereocenters. The lowest BCUT2D eigenvalue weighted by molar-refractivity contribution is 0.472. The van der Waals surface area contributed by atoms with Gasteiger partial charge in [-0.2, -0.15) is 5.10 Å². The Kier molecular flexibility index (Phi) is 1.63. The van der Waals surface area contributed by atoms with Crippen LogP contribution in [-0.4, -0.2) is 22.9 Å². The Labute approximate surface area is 77.3 Å². The number of rotatable bonds is 0. The fourth-order valence-corrected chi connectivity index (χ4v) is 2.19. The fourth-order valence-electron chi connectivity index (χ4n) is 2.19. The molecule has 2 aliphatic rings. The van der Waals surface area contributed by atoms with Crippen LogP contribution in [0.25, 0.3) is 0 Å². The third-order valence-corrected chi connectivity index (χ3v) is 2.88. The molecule has 0 saturated heterocycles. The second-order valence-corrected chi connectivity index (χ2v) is 3.70. The summed E-state index contributed by atoms with van der Waals surface area (Å²) in [6.45, 7) is 5.16. The molecule has 0 spiro atoms. The molecule has 4 nitrogen and oxygen atoms in total. The second-order valence-electron chi connectivity index (χ2n) is 3.70. The van der Waals surface area contributed by atoms with Gasteiger partial charge in [-0.25, -0.2) is 0 Å². The van der Waals surface area contributed by atoms with Crippen LogP contribution < -0.4 is 10.6 Å². The Hall–Kier alpha value is -0.870. The zero-order valence-corrected chi connectivity index (χ0v) is 7.64. The van der Waals surface area contributed by atoms with Crippen LogP contribution in [-0.2, 0) is 26.1 Å². The van der Waals surface area contributed by atoms with E-state index in [1.54, 1.807) is 0 Å². The Bertz CT molecular complexity index is 298. The lowest BCUT2D eigenvalue weighted by Crippen LogP contribution is -2.30. The summed E-state index contributed by atoms with van der Waals surface area (Å²) in [5, 5.41) is 11.4. The second kappa shape index (κ2) is 2.82. The molecule has 1 aromatic rings. The van der Waals surface area contributed by atoms with E-state index in [1.165, 1.54) is 17.0 Å². The van der Waals surface area contributed by atoms with Crippen molar-refractivity contribution in [3.63, 3.8) is 0 Å². The van der Waals surface area contributed by atoms with Gasteiger partial charge in [-0.3, -0.25) is 4.68 Å². The first-order valence-electron chi connectivity index (χ1n) is 4.94. The van der Waals surface area contributed by atoms with Crippen LogP contribution in [0.5, 0.6) is 0 Å². The molecule has 0 bridgehead atoms. The van der Waals surface area contributed by atoms with Crippen LogP contribution in [0.15, 0.2) is 0 Å². The monoisotopic (exact) mass is 178 g/mol. The molecule has 0 unspecified atom stereocenters.